The summed E-state index contributed by atoms with van der Waals surface area (Å²) in [4.78, 5) is 0. The van der Waals surface area contributed by atoms with Gasteiger partial charge in [0.15, 0.2) is 0 Å². The molecule has 2 heteroatoms. The Morgan fingerprint density at radius 3 is 2.16 bits per heavy atom. The van der Waals surface area contributed by atoms with Crippen LogP contribution in [-0.2, 0) is 18.4 Å². The second kappa shape index (κ2) is 12.6. The van der Waals surface area contributed by atoms with Crippen LogP contribution in [-0.4, -0.2) is 4.57 Å². The van der Waals surface area contributed by atoms with Gasteiger partial charge >= 0.3 is 0 Å². The maximum absolute atomic E-state index is 2.52. The normalized spacial score (nSPS) is 14.2. The minimum absolute atomic E-state index is 0.0228. The lowest BCUT2D eigenvalue weighted by molar-refractivity contribution is -0.697. The lowest BCUT2D eigenvalue weighted by atomic mass is 9.70. The van der Waals surface area contributed by atoms with E-state index in [0.717, 1.165) is 13.0 Å². The summed E-state index contributed by atoms with van der Waals surface area (Å²) in [6, 6.07) is 22.7. The molecule has 32 heavy (non-hydrogen) atoms. The first-order valence-corrected chi connectivity index (χ1v) is 12.8. The van der Waals surface area contributed by atoms with E-state index >= 15 is 0 Å². The maximum Gasteiger partial charge on any atom is 0.244 e. The monoisotopic (exact) mass is 431 g/mol. The largest absolute Gasteiger partial charge is 0.244 e. The van der Waals surface area contributed by atoms with Crippen LogP contribution < -0.4 is 4.57 Å². The van der Waals surface area contributed by atoms with Gasteiger partial charge in [-0.2, -0.15) is 0 Å². The molecule has 0 N–H and O–H groups in total. The fraction of sp³-hybridized carbons (Fsp3) is 0.500. The van der Waals surface area contributed by atoms with Gasteiger partial charge in [0, 0.05) is 5.41 Å². The zero-order valence-electron chi connectivity index (χ0n) is 20.5. The number of aryl methyl sites for hydroxylation is 1. The molecular weight excluding hydrogens is 388 g/mol. The maximum atomic E-state index is 2.52. The quantitative estimate of drug-likeness (QED) is 0.183. The van der Waals surface area contributed by atoms with Crippen molar-refractivity contribution in [2.75, 3.05) is 0 Å². The fourth-order valence-corrected chi connectivity index (χ4v) is 5.06. The van der Waals surface area contributed by atoms with E-state index in [1.807, 2.05) is 0 Å². The van der Waals surface area contributed by atoms with Crippen molar-refractivity contribution >= 4 is 0 Å². The first kappa shape index (κ1) is 24.3. The molecule has 0 bridgehead atoms. The summed E-state index contributed by atoms with van der Waals surface area (Å²) in [5.41, 5.74) is 2.88. The molecule has 2 atom stereocenters. The average Bonchev–Trinajstić information content (AvgIpc) is 3.29. The van der Waals surface area contributed by atoms with Crippen LogP contribution >= 0.6 is 0 Å². The van der Waals surface area contributed by atoms with E-state index in [4.69, 9.17) is 0 Å². The van der Waals surface area contributed by atoms with Gasteiger partial charge in [0.25, 0.3) is 0 Å². The van der Waals surface area contributed by atoms with E-state index in [2.05, 4.69) is 109 Å². The van der Waals surface area contributed by atoms with Gasteiger partial charge in [-0.1, -0.05) is 114 Å². The molecule has 1 heterocycles. The topological polar surface area (TPSA) is 8.81 Å². The number of aromatic nitrogens is 2. The molecule has 0 saturated carbocycles. The third kappa shape index (κ3) is 6.58. The molecule has 0 radical (unpaired) electrons. The number of hydrogen-bond donors (Lipinski definition) is 0. The van der Waals surface area contributed by atoms with Gasteiger partial charge in [0.2, 0.25) is 6.33 Å². The van der Waals surface area contributed by atoms with Gasteiger partial charge < -0.3 is 0 Å². The Labute approximate surface area is 196 Å². The zero-order valence-corrected chi connectivity index (χ0v) is 20.5. The van der Waals surface area contributed by atoms with Crippen LogP contribution in [0.4, 0.5) is 0 Å². The molecule has 2 nitrogen and oxygen atoms in total. The smallest absolute Gasteiger partial charge is 0.237 e. The van der Waals surface area contributed by atoms with Gasteiger partial charge in [-0.3, -0.25) is 0 Å². The number of benzene rings is 2. The van der Waals surface area contributed by atoms with Crippen LogP contribution in [0.3, 0.4) is 0 Å². The Morgan fingerprint density at radius 1 is 0.812 bits per heavy atom. The standard InChI is InChI=1S/C30H43N2/c1-4-6-8-9-16-21-29(32-24-23-31(26-32)22-7-5-2)30(3,28-19-14-11-15-20-28)25-27-17-12-10-13-18-27/h10-15,17-20,23-24,26,29H,4-9,16,21-22,25H2,1-3H3/q+1. The highest BCUT2D eigenvalue weighted by molar-refractivity contribution is 5.30. The highest BCUT2D eigenvalue weighted by Crippen LogP contribution is 2.41. The molecule has 0 aliphatic carbocycles. The predicted octanol–water partition coefficient (Wildman–Crippen LogP) is 7.68. The molecule has 2 unspecified atom stereocenters. The molecule has 172 valence electrons. The molecule has 0 aliphatic heterocycles. The van der Waals surface area contributed by atoms with Crippen molar-refractivity contribution in [3.05, 3.63) is 90.5 Å². The van der Waals surface area contributed by atoms with E-state index < -0.39 is 0 Å². The SMILES string of the molecule is CCCCCCCC(n1cc[n+](CCCC)c1)C(C)(Cc1ccccc1)c1ccccc1. The lowest BCUT2D eigenvalue weighted by Crippen LogP contribution is -2.38. The van der Waals surface area contributed by atoms with Crippen LogP contribution in [0.5, 0.6) is 0 Å². The van der Waals surface area contributed by atoms with Gasteiger partial charge in [0.1, 0.15) is 18.4 Å². The molecule has 0 saturated heterocycles. The van der Waals surface area contributed by atoms with E-state index in [9.17, 15) is 0 Å². The third-order valence-electron chi connectivity index (χ3n) is 7.01. The summed E-state index contributed by atoms with van der Waals surface area (Å²) in [6.07, 6.45) is 18.3. The lowest BCUT2D eigenvalue weighted by Gasteiger charge is -2.37. The van der Waals surface area contributed by atoms with Crippen molar-refractivity contribution in [1.82, 2.24) is 4.57 Å². The van der Waals surface area contributed by atoms with Crippen LogP contribution in [0.15, 0.2) is 79.4 Å². The van der Waals surface area contributed by atoms with Crippen molar-refractivity contribution in [2.45, 2.75) is 96.6 Å². The van der Waals surface area contributed by atoms with Gasteiger partial charge in [-0.25, -0.2) is 9.13 Å². The van der Waals surface area contributed by atoms with Crippen molar-refractivity contribution < 1.29 is 4.57 Å². The van der Waals surface area contributed by atoms with Crippen LogP contribution in [0, 0.1) is 0 Å². The van der Waals surface area contributed by atoms with Crippen molar-refractivity contribution in [2.24, 2.45) is 0 Å². The summed E-state index contributed by atoms with van der Waals surface area (Å²) < 4.78 is 4.90. The van der Waals surface area contributed by atoms with E-state index in [1.165, 1.54) is 62.5 Å². The second-order valence-electron chi connectivity index (χ2n) is 9.62. The molecule has 0 spiro atoms. The number of nitrogens with zero attached hydrogens (tertiary/aromatic N) is 2. The average molecular weight is 432 g/mol. The summed E-state index contributed by atoms with van der Waals surface area (Å²) in [5.74, 6) is 0. The Balaban J connectivity index is 1.94. The van der Waals surface area contributed by atoms with Crippen molar-refractivity contribution in [3.8, 4) is 0 Å². The molecule has 0 fully saturated rings. The summed E-state index contributed by atoms with van der Waals surface area (Å²) in [7, 11) is 0. The Kier molecular flexibility index (Phi) is 9.59. The second-order valence-corrected chi connectivity index (χ2v) is 9.62. The molecule has 3 rings (SSSR count). The van der Waals surface area contributed by atoms with Crippen molar-refractivity contribution in [3.63, 3.8) is 0 Å². The summed E-state index contributed by atoms with van der Waals surface area (Å²) >= 11 is 0. The summed E-state index contributed by atoms with van der Waals surface area (Å²) in [6.45, 7) is 8.16. The molecule has 3 aromatic rings. The fourth-order valence-electron chi connectivity index (χ4n) is 5.06. The minimum Gasteiger partial charge on any atom is -0.237 e. The van der Waals surface area contributed by atoms with Gasteiger partial charge in [0.05, 0.1) is 6.54 Å². The van der Waals surface area contributed by atoms with Gasteiger partial charge in [-0.15, -0.1) is 0 Å². The first-order chi connectivity index (χ1) is 15.7. The highest BCUT2D eigenvalue weighted by atomic mass is 15.1. The van der Waals surface area contributed by atoms with Crippen LogP contribution in [0.2, 0.25) is 0 Å². The number of unbranched alkanes of at least 4 members (excludes halogenated alkanes) is 5. The number of rotatable bonds is 14. The van der Waals surface area contributed by atoms with E-state index in [0.29, 0.717) is 6.04 Å². The summed E-state index contributed by atoms with van der Waals surface area (Å²) in [5, 5.41) is 0. The Hall–Kier alpha value is -2.35. The van der Waals surface area contributed by atoms with Gasteiger partial charge in [-0.05, 0) is 36.8 Å². The first-order valence-electron chi connectivity index (χ1n) is 12.8. The van der Waals surface area contributed by atoms with Crippen LogP contribution in [0.25, 0.3) is 0 Å². The van der Waals surface area contributed by atoms with E-state index in [1.54, 1.807) is 0 Å². The molecule has 0 aliphatic rings. The predicted molar refractivity (Wildman–Crippen MR) is 136 cm³/mol. The molecule has 0 amide bonds. The number of imidazole rings is 1. The zero-order chi connectivity index (χ0) is 22.7. The third-order valence-corrected chi connectivity index (χ3v) is 7.01. The Bertz CT molecular complexity index is 883. The Morgan fingerprint density at radius 2 is 1.47 bits per heavy atom. The molecule has 2 aromatic carbocycles. The molecular formula is C30H43N2+. The number of hydrogen-bond acceptors (Lipinski definition) is 0. The minimum atomic E-state index is 0.0228. The van der Waals surface area contributed by atoms with E-state index in [-0.39, 0.29) is 5.41 Å². The van der Waals surface area contributed by atoms with Crippen LogP contribution in [0.1, 0.15) is 89.3 Å². The highest BCUT2D eigenvalue weighted by Gasteiger charge is 2.40. The molecule has 1 aromatic heterocycles. The van der Waals surface area contributed by atoms with Crippen molar-refractivity contribution in [1.29, 1.82) is 0 Å².